The van der Waals surface area contributed by atoms with Gasteiger partial charge in [0.25, 0.3) is 5.91 Å². The number of urea groups is 1. The number of rotatable bonds is 4. The summed E-state index contributed by atoms with van der Waals surface area (Å²) >= 11 is 6.06. The van der Waals surface area contributed by atoms with Crippen LogP contribution in [-0.2, 0) is 0 Å². The van der Waals surface area contributed by atoms with Crippen LogP contribution in [0, 0.1) is 6.92 Å². The van der Waals surface area contributed by atoms with Crippen LogP contribution in [-0.4, -0.2) is 18.0 Å². The van der Waals surface area contributed by atoms with E-state index in [1.807, 2.05) is 26.8 Å². The minimum Gasteiger partial charge on any atom is -0.336 e. The lowest BCUT2D eigenvalue weighted by molar-refractivity contribution is 0.102. The Morgan fingerprint density at radius 1 is 1.00 bits per heavy atom. The van der Waals surface area contributed by atoms with Gasteiger partial charge >= 0.3 is 6.03 Å². The predicted molar refractivity (Wildman–Crippen MR) is 97.9 cm³/mol. The van der Waals surface area contributed by atoms with Gasteiger partial charge in [0.1, 0.15) is 0 Å². The summed E-state index contributed by atoms with van der Waals surface area (Å²) in [6.07, 6.45) is 0. The normalized spacial score (nSPS) is 10.4. The number of halogens is 1. The predicted octanol–water partition coefficient (Wildman–Crippen LogP) is 4.43. The van der Waals surface area contributed by atoms with Crippen LogP contribution in [0.4, 0.5) is 16.2 Å². The molecule has 0 aromatic heterocycles. The fraction of sp³-hybridized carbons (Fsp3) is 0.222. The Morgan fingerprint density at radius 3 is 2.38 bits per heavy atom. The van der Waals surface area contributed by atoms with Crippen molar-refractivity contribution in [2.24, 2.45) is 0 Å². The van der Waals surface area contributed by atoms with Crippen molar-refractivity contribution in [3.63, 3.8) is 0 Å². The average Bonchev–Trinajstić information content (AvgIpc) is 2.50. The molecule has 0 aliphatic carbocycles. The number of aryl methyl sites for hydroxylation is 1. The molecule has 5 nitrogen and oxygen atoms in total. The Balaban J connectivity index is 2.08. The Hall–Kier alpha value is -2.53. The van der Waals surface area contributed by atoms with E-state index >= 15 is 0 Å². The van der Waals surface area contributed by atoms with Gasteiger partial charge in [-0.3, -0.25) is 4.79 Å². The number of nitrogens with one attached hydrogen (secondary N) is 3. The van der Waals surface area contributed by atoms with E-state index in [4.69, 9.17) is 11.6 Å². The van der Waals surface area contributed by atoms with Gasteiger partial charge in [-0.05, 0) is 56.7 Å². The van der Waals surface area contributed by atoms with Gasteiger partial charge in [0.05, 0.1) is 0 Å². The maximum atomic E-state index is 12.3. The highest BCUT2D eigenvalue weighted by Gasteiger charge is 2.09. The lowest BCUT2D eigenvalue weighted by Gasteiger charge is -2.11. The number of benzene rings is 2. The van der Waals surface area contributed by atoms with Gasteiger partial charge in [-0.1, -0.05) is 23.7 Å². The molecule has 0 heterocycles. The van der Waals surface area contributed by atoms with Gasteiger partial charge in [0, 0.05) is 28.0 Å². The minimum atomic E-state index is -0.312. The lowest BCUT2D eigenvalue weighted by atomic mass is 10.1. The first-order valence-electron chi connectivity index (χ1n) is 7.60. The SMILES string of the molecule is Cc1ccc(NC(=O)c2cccc(NC(=O)NC(C)C)c2)cc1Cl. The molecule has 3 N–H and O–H groups in total. The summed E-state index contributed by atoms with van der Waals surface area (Å²) in [4.78, 5) is 24.1. The highest BCUT2D eigenvalue weighted by Crippen LogP contribution is 2.21. The van der Waals surface area contributed by atoms with Gasteiger partial charge in [-0.25, -0.2) is 4.79 Å². The molecular formula is C18H20ClN3O2. The quantitative estimate of drug-likeness (QED) is 0.767. The molecule has 0 fully saturated rings. The lowest BCUT2D eigenvalue weighted by Crippen LogP contribution is -2.34. The fourth-order valence-corrected chi connectivity index (χ4v) is 2.22. The van der Waals surface area contributed by atoms with Crippen molar-refractivity contribution in [2.75, 3.05) is 10.6 Å². The summed E-state index contributed by atoms with van der Waals surface area (Å²) in [7, 11) is 0. The van der Waals surface area contributed by atoms with Crippen molar-refractivity contribution >= 4 is 34.9 Å². The smallest absolute Gasteiger partial charge is 0.319 e. The third-order valence-electron chi connectivity index (χ3n) is 3.23. The molecule has 2 rings (SSSR count). The second kappa shape index (κ2) is 7.84. The zero-order valence-electron chi connectivity index (χ0n) is 13.8. The first-order valence-corrected chi connectivity index (χ1v) is 7.98. The van der Waals surface area contributed by atoms with Crippen molar-refractivity contribution in [3.05, 3.63) is 58.6 Å². The third-order valence-corrected chi connectivity index (χ3v) is 3.64. The number of hydrogen-bond donors (Lipinski definition) is 3. The van der Waals surface area contributed by atoms with Crippen LogP contribution in [0.1, 0.15) is 29.8 Å². The van der Waals surface area contributed by atoms with E-state index in [0.29, 0.717) is 22.0 Å². The molecule has 0 aliphatic rings. The fourth-order valence-electron chi connectivity index (χ4n) is 2.04. The summed E-state index contributed by atoms with van der Waals surface area (Å²) in [5.41, 5.74) is 2.54. The zero-order chi connectivity index (χ0) is 17.7. The van der Waals surface area contributed by atoms with E-state index in [0.717, 1.165) is 5.56 Å². The van der Waals surface area contributed by atoms with Gasteiger partial charge in [0.15, 0.2) is 0 Å². The van der Waals surface area contributed by atoms with E-state index in [-0.39, 0.29) is 18.0 Å². The molecule has 0 aliphatic heterocycles. The molecule has 2 aromatic carbocycles. The minimum absolute atomic E-state index is 0.0303. The van der Waals surface area contributed by atoms with E-state index in [9.17, 15) is 9.59 Å². The summed E-state index contributed by atoms with van der Waals surface area (Å²) in [6.45, 7) is 5.64. The van der Waals surface area contributed by atoms with Crippen LogP contribution in [0.2, 0.25) is 5.02 Å². The third kappa shape index (κ3) is 4.99. The van der Waals surface area contributed by atoms with E-state index in [1.54, 1.807) is 36.4 Å². The molecule has 6 heteroatoms. The number of hydrogen-bond acceptors (Lipinski definition) is 2. The van der Waals surface area contributed by atoms with Crippen molar-refractivity contribution < 1.29 is 9.59 Å². The molecule has 126 valence electrons. The standard InChI is InChI=1S/C18H20ClN3O2/c1-11(2)20-18(24)22-14-6-4-5-13(9-14)17(23)21-15-8-7-12(3)16(19)10-15/h4-11H,1-3H3,(H,21,23)(H2,20,22,24). The first-order chi connectivity index (χ1) is 11.3. The second-order valence-corrected chi connectivity index (χ2v) is 6.16. The highest BCUT2D eigenvalue weighted by molar-refractivity contribution is 6.31. The van der Waals surface area contributed by atoms with E-state index in [2.05, 4.69) is 16.0 Å². The van der Waals surface area contributed by atoms with Crippen LogP contribution in [0.5, 0.6) is 0 Å². The largest absolute Gasteiger partial charge is 0.336 e. The van der Waals surface area contributed by atoms with Crippen LogP contribution in [0.25, 0.3) is 0 Å². The molecule has 0 atom stereocenters. The van der Waals surface area contributed by atoms with Gasteiger partial charge in [0.2, 0.25) is 0 Å². The second-order valence-electron chi connectivity index (χ2n) is 5.75. The molecule has 3 amide bonds. The number of carbonyl (C=O) groups is 2. The molecule has 0 unspecified atom stereocenters. The summed E-state index contributed by atoms with van der Waals surface area (Å²) in [5.74, 6) is -0.275. The van der Waals surface area contributed by atoms with Crippen molar-refractivity contribution in [1.82, 2.24) is 5.32 Å². The van der Waals surface area contributed by atoms with Crippen molar-refractivity contribution in [3.8, 4) is 0 Å². The first kappa shape index (κ1) is 17.8. The molecule has 24 heavy (non-hydrogen) atoms. The number of anilines is 2. The van der Waals surface area contributed by atoms with E-state index < -0.39 is 0 Å². The Bertz CT molecular complexity index is 760. The van der Waals surface area contributed by atoms with E-state index in [1.165, 1.54) is 0 Å². The van der Waals surface area contributed by atoms with Gasteiger partial charge in [-0.2, -0.15) is 0 Å². The Morgan fingerprint density at radius 2 is 1.71 bits per heavy atom. The van der Waals surface area contributed by atoms with Gasteiger partial charge in [-0.15, -0.1) is 0 Å². The van der Waals surface area contributed by atoms with Crippen molar-refractivity contribution in [2.45, 2.75) is 26.8 Å². The van der Waals surface area contributed by atoms with Crippen LogP contribution >= 0.6 is 11.6 Å². The average molecular weight is 346 g/mol. The highest BCUT2D eigenvalue weighted by atomic mass is 35.5. The molecular weight excluding hydrogens is 326 g/mol. The maximum absolute atomic E-state index is 12.3. The summed E-state index contributed by atoms with van der Waals surface area (Å²) in [6, 6.07) is 11.8. The topological polar surface area (TPSA) is 70.2 Å². The summed E-state index contributed by atoms with van der Waals surface area (Å²) < 4.78 is 0. The molecule has 2 aromatic rings. The molecule has 0 bridgehead atoms. The monoisotopic (exact) mass is 345 g/mol. The Labute approximate surface area is 146 Å². The van der Waals surface area contributed by atoms with Crippen LogP contribution in [0.3, 0.4) is 0 Å². The zero-order valence-corrected chi connectivity index (χ0v) is 14.6. The van der Waals surface area contributed by atoms with Crippen LogP contribution < -0.4 is 16.0 Å². The molecule has 0 saturated heterocycles. The molecule has 0 spiro atoms. The molecule has 0 saturated carbocycles. The Kier molecular flexibility index (Phi) is 5.82. The van der Waals surface area contributed by atoms with Gasteiger partial charge < -0.3 is 16.0 Å². The maximum Gasteiger partial charge on any atom is 0.319 e. The number of amides is 3. The van der Waals surface area contributed by atoms with Crippen LogP contribution in [0.15, 0.2) is 42.5 Å². The summed E-state index contributed by atoms with van der Waals surface area (Å²) in [5, 5.41) is 8.80. The number of carbonyl (C=O) groups excluding carboxylic acids is 2. The molecule has 0 radical (unpaired) electrons. The van der Waals surface area contributed by atoms with Crippen molar-refractivity contribution in [1.29, 1.82) is 0 Å².